The van der Waals surface area contributed by atoms with E-state index >= 15 is 0 Å². The van der Waals surface area contributed by atoms with Gasteiger partial charge in [-0.15, -0.1) is 0 Å². The second kappa shape index (κ2) is 8.64. The molecule has 0 fully saturated rings. The largest absolute Gasteiger partial charge is 0.497 e. The van der Waals surface area contributed by atoms with Crippen molar-refractivity contribution in [3.63, 3.8) is 0 Å². The Labute approximate surface area is 164 Å². The van der Waals surface area contributed by atoms with E-state index in [0.717, 1.165) is 30.0 Å². The minimum absolute atomic E-state index is 0.434. The summed E-state index contributed by atoms with van der Waals surface area (Å²) in [7, 11) is 1.64. The van der Waals surface area contributed by atoms with Crippen LogP contribution in [0.3, 0.4) is 0 Å². The van der Waals surface area contributed by atoms with Gasteiger partial charge in [0.1, 0.15) is 5.75 Å². The second-order valence-corrected chi connectivity index (χ2v) is 6.29. The molecule has 2 aromatic carbocycles. The molecule has 0 unspecified atom stereocenters. The molecule has 0 aliphatic heterocycles. The van der Waals surface area contributed by atoms with Crippen LogP contribution in [0, 0.1) is 4.77 Å². The van der Waals surface area contributed by atoms with Crippen molar-refractivity contribution in [2.45, 2.75) is 13.8 Å². The van der Waals surface area contributed by atoms with Crippen molar-refractivity contribution in [2.24, 2.45) is 5.10 Å². The minimum Gasteiger partial charge on any atom is -0.497 e. The Morgan fingerprint density at radius 3 is 2.59 bits per heavy atom. The standard InChI is InChI=1S/C20H23N5OS/c1-4-24(5-2)17-11-9-15(10-12-17)14-21-25-19(22-23-20(25)27)16-7-6-8-18(13-16)26-3/h6-14H,4-5H2,1-3H3,(H,23,27). The summed E-state index contributed by atoms with van der Waals surface area (Å²) in [5.41, 5.74) is 3.07. The first-order valence-corrected chi connectivity index (χ1v) is 9.28. The number of rotatable bonds is 7. The van der Waals surface area contributed by atoms with Crippen LogP contribution in [0.5, 0.6) is 5.75 Å². The lowest BCUT2D eigenvalue weighted by Gasteiger charge is -2.20. The molecule has 0 atom stereocenters. The summed E-state index contributed by atoms with van der Waals surface area (Å²) < 4.78 is 7.33. The maximum atomic E-state index is 5.33. The quantitative estimate of drug-likeness (QED) is 0.488. The number of ether oxygens (including phenoxy) is 1. The van der Waals surface area contributed by atoms with Crippen molar-refractivity contribution in [3.8, 4) is 17.1 Å². The third-order valence-electron chi connectivity index (χ3n) is 4.32. The van der Waals surface area contributed by atoms with Crippen LogP contribution in [-0.2, 0) is 0 Å². The molecule has 6 nitrogen and oxygen atoms in total. The van der Waals surface area contributed by atoms with Gasteiger partial charge in [0.15, 0.2) is 5.82 Å². The fourth-order valence-electron chi connectivity index (χ4n) is 2.83. The molecule has 0 spiro atoms. The highest BCUT2D eigenvalue weighted by Crippen LogP contribution is 2.22. The Morgan fingerprint density at radius 1 is 1.19 bits per heavy atom. The van der Waals surface area contributed by atoms with Crippen LogP contribution in [0.15, 0.2) is 53.6 Å². The van der Waals surface area contributed by atoms with Crippen molar-refractivity contribution in [1.29, 1.82) is 0 Å². The van der Waals surface area contributed by atoms with Crippen LogP contribution >= 0.6 is 12.2 Å². The molecule has 0 saturated heterocycles. The zero-order valence-corrected chi connectivity index (χ0v) is 16.5. The van der Waals surface area contributed by atoms with E-state index in [1.54, 1.807) is 18.0 Å². The van der Waals surface area contributed by atoms with Crippen molar-refractivity contribution >= 4 is 24.1 Å². The third kappa shape index (κ3) is 4.25. The van der Waals surface area contributed by atoms with Crippen LogP contribution in [-0.4, -0.2) is 41.3 Å². The maximum Gasteiger partial charge on any atom is 0.216 e. The summed E-state index contributed by atoms with van der Waals surface area (Å²) in [5.74, 6) is 1.39. The Bertz CT molecular complexity index is 971. The summed E-state index contributed by atoms with van der Waals surface area (Å²) in [5, 5.41) is 11.6. The van der Waals surface area contributed by atoms with Crippen LogP contribution in [0.25, 0.3) is 11.4 Å². The fourth-order valence-corrected chi connectivity index (χ4v) is 3.01. The molecule has 0 saturated carbocycles. The zero-order chi connectivity index (χ0) is 19.2. The Morgan fingerprint density at radius 2 is 1.93 bits per heavy atom. The lowest BCUT2D eigenvalue weighted by atomic mass is 10.2. The molecule has 3 aromatic rings. The van der Waals surface area contributed by atoms with E-state index in [-0.39, 0.29) is 0 Å². The number of anilines is 1. The van der Waals surface area contributed by atoms with Crippen LogP contribution in [0.1, 0.15) is 19.4 Å². The molecule has 140 valence electrons. The van der Waals surface area contributed by atoms with E-state index in [4.69, 9.17) is 17.0 Å². The van der Waals surface area contributed by atoms with Gasteiger partial charge in [-0.25, -0.2) is 5.10 Å². The van der Waals surface area contributed by atoms with Gasteiger partial charge in [0.2, 0.25) is 4.77 Å². The van der Waals surface area contributed by atoms with Crippen LogP contribution < -0.4 is 9.64 Å². The first-order chi connectivity index (χ1) is 13.2. The number of hydrogen-bond acceptors (Lipinski definition) is 5. The van der Waals surface area contributed by atoms with Gasteiger partial charge in [-0.3, -0.25) is 0 Å². The van der Waals surface area contributed by atoms with Crippen molar-refractivity contribution in [2.75, 3.05) is 25.1 Å². The summed E-state index contributed by atoms with van der Waals surface area (Å²) in [6.45, 7) is 6.27. The van der Waals surface area contributed by atoms with E-state index < -0.39 is 0 Å². The average Bonchev–Trinajstić information content (AvgIpc) is 3.09. The molecular weight excluding hydrogens is 358 g/mol. The van der Waals surface area contributed by atoms with E-state index in [1.165, 1.54) is 5.69 Å². The Balaban J connectivity index is 1.88. The average molecular weight is 382 g/mol. The SMILES string of the molecule is CCN(CC)c1ccc(C=Nn2c(-c3cccc(OC)c3)n[nH]c2=S)cc1. The highest BCUT2D eigenvalue weighted by atomic mass is 32.1. The number of nitrogens with zero attached hydrogens (tertiary/aromatic N) is 4. The minimum atomic E-state index is 0.434. The number of aromatic nitrogens is 3. The van der Waals surface area contributed by atoms with Gasteiger partial charge in [0.25, 0.3) is 0 Å². The highest BCUT2D eigenvalue weighted by molar-refractivity contribution is 7.71. The monoisotopic (exact) mass is 381 g/mol. The first kappa shape index (κ1) is 18.8. The Hall–Kier alpha value is -2.93. The normalized spacial score (nSPS) is 11.1. The third-order valence-corrected chi connectivity index (χ3v) is 4.59. The van der Waals surface area contributed by atoms with E-state index in [1.807, 2.05) is 36.4 Å². The maximum absolute atomic E-state index is 5.33. The molecule has 1 N–H and O–H groups in total. The number of nitrogens with one attached hydrogen (secondary N) is 1. The number of methoxy groups -OCH3 is 1. The number of aromatic amines is 1. The molecule has 0 aliphatic rings. The molecule has 7 heteroatoms. The van der Waals surface area contributed by atoms with Crippen molar-refractivity contribution in [3.05, 3.63) is 58.9 Å². The van der Waals surface area contributed by atoms with E-state index in [9.17, 15) is 0 Å². The summed E-state index contributed by atoms with van der Waals surface area (Å²) in [4.78, 5) is 2.30. The number of benzene rings is 2. The molecular formula is C20H23N5OS. The molecule has 0 aliphatic carbocycles. The molecule has 1 aromatic heterocycles. The van der Waals surface area contributed by atoms with Gasteiger partial charge in [0.05, 0.1) is 13.3 Å². The summed E-state index contributed by atoms with van der Waals surface area (Å²) >= 11 is 5.33. The van der Waals surface area contributed by atoms with E-state index in [2.05, 4.69) is 46.2 Å². The Kier molecular flexibility index (Phi) is 6.03. The molecule has 0 bridgehead atoms. The second-order valence-electron chi connectivity index (χ2n) is 5.90. The molecule has 27 heavy (non-hydrogen) atoms. The highest BCUT2D eigenvalue weighted by Gasteiger charge is 2.09. The predicted molar refractivity (Wildman–Crippen MR) is 112 cm³/mol. The van der Waals surface area contributed by atoms with Gasteiger partial charge in [0, 0.05) is 24.3 Å². The van der Waals surface area contributed by atoms with Gasteiger partial charge < -0.3 is 9.64 Å². The van der Waals surface area contributed by atoms with Gasteiger partial charge in [-0.05, 0) is 55.9 Å². The van der Waals surface area contributed by atoms with Crippen LogP contribution in [0.4, 0.5) is 5.69 Å². The van der Waals surface area contributed by atoms with Crippen LogP contribution in [0.2, 0.25) is 0 Å². The lowest BCUT2D eigenvalue weighted by molar-refractivity contribution is 0.415. The molecule has 3 rings (SSSR count). The summed E-state index contributed by atoms with van der Waals surface area (Å²) in [6, 6.07) is 15.9. The predicted octanol–water partition coefficient (Wildman–Crippen LogP) is 4.34. The smallest absolute Gasteiger partial charge is 0.216 e. The van der Waals surface area contributed by atoms with Crippen molar-refractivity contribution < 1.29 is 4.74 Å². The fraction of sp³-hybridized carbons (Fsp3) is 0.250. The van der Waals surface area contributed by atoms with E-state index in [0.29, 0.717) is 10.6 Å². The zero-order valence-electron chi connectivity index (χ0n) is 15.7. The number of H-pyrrole nitrogens is 1. The topological polar surface area (TPSA) is 58.4 Å². The van der Waals surface area contributed by atoms with Gasteiger partial charge in [-0.2, -0.15) is 14.9 Å². The molecule has 1 heterocycles. The molecule has 0 amide bonds. The summed E-state index contributed by atoms with van der Waals surface area (Å²) in [6.07, 6.45) is 1.78. The lowest BCUT2D eigenvalue weighted by Crippen LogP contribution is -2.21. The molecule has 0 radical (unpaired) electrons. The number of hydrogen-bond donors (Lipinski definition) is 1. The van der Waals surface area contributed by atoms with Gasteiger partial charge in [-0.1, -0.05) is 24.3 Å². The van der Waals surface area contributed by atoms with Crippen molar-refractivity contribution in [1.82, 2.24) is 14.9 Å². The first-order valence-electron chi connectivity index (χ1n) is 8.87. The van der Waals surface area contributed by atoms with Gasteiger partial charge >= 0.3 is 0 Å².